The van der Waals surface area contributed by atoms with E-state index in [1.807, 2.05) is 0 Å². The van der Waals surface area contributed by atoms with Crippen molar-refractivity contribution in [1.29, 1.82) is 0 Å². The molecular formula is C26H22O8. The average molecular weight is 462 g/mol. The third-order valence-electron chi connectivity index (χ3n) is 5.18. The molecule has 1 N–H and O–H groups in total. The zero-order chi connectivity index (χ0) is 23.9. The van der Waals surface area contributed by atoms with E-state index in [2.05, 4.69) is 0 Å². The van der Waals surface area contributed by atoms with E-state index >= 15 is 0 Å². The number of esters is 3. The summed E-state index contributed by atoms with van der Waals surface area (Å²) in [5.74, 6) is -2.05. The second-order valence-corrected chi connectivity index (χ2v) is 7.50. The van der Waals surface area contributed by atoms with Crippen molar-refractivity contribution in [2.24, 2.45) is 0 Å². The molecule has 0 radical (unpaired) electrons. The van der Waals surface area contributed by atoms with Crippen LogP contribution in [0.1, 0.15) is 31.1 Å². The van der Waals surface area contributed by atoms with Gasteiger partial charge in [0.15, 0.2) is 18.5 Å². The van der Waals surface area contributed by atoms with E-state index in [-0.39, 0.29) is 17.7 Å². The van der Waals surface area contributed by atoms with Crippen LogP contribution in [0, 0.1) is 0 Å². The molecule has 8 heteroatoms. The zero-order valence-corrected chi connectivity index (χ0v) is 18.0. The minimum atomic E-state index is -1.60. The number of aliphatic hydroxyl groups excluding tert-OH is 1. The normalized spacial score (nSPS) is 21.4. The first kappa shape index (κ1) is 23.2. The predicted octanol–water partition coefficient (Wildman–Crippen LogP) is 3.01. The molecule has 0 saturated carbocycles. The zero-order valence-electron chi connectivity index (χ0n) is 18.0. The van der Waals surface area contributed by atoms with Crippen LogP contribution in [0.4, 0.5) is 0 Å². The van der Waals surface area contributed by atoms with Crippen LogP contribution in [-0.2, 0) is 18.9 Å². The summed E-state index contributed by atoms with van der Waals surface area (Å²) in [6, 6.07) is 24.7. The monoisotopic (exact) mass is 462 g/mol. The van der Waals surface area contributed by atoms with Crippen molar-refractivity contribution >= 4 is 17.9 Å². The van der Waals surface area contributed by atoms with Gasteiger partial charge in [0.1, 0.15) is 12.7 Å². The fourth-order valence-electron chi connectivity index (χ4n) is 3.46. The van der Waals surface area contributed by atoms with Gasteiger partial charge in [-0.2, -0.15) is 0 Å². The van der Waals surface area contributed by atoms with Crippen LogP contribution in [0.3, 0.4) is 0 Å². The first-order chi connectivity index (χ1) is 16.5. The lowest BCUT2D eigenvalue weighted by Crippen LogP contribution is -2.42. The van der Waals surface area contributed by atoms with Gasteiger partial charge >= 0.3 is 17.9 Å². The highest BCUT2D eigenvalue weighted by molar-refractivity contribution is 5.90. The van der Waals surface area contributed by atoms with Crippen molar-refractivity contribution in [3.05, 3.63) is 108 Å². The van der Waals surface area contributed by atoms with Gasteiger partial charge < -0.3 is 24.1 Å². The first-order valence-corrected chi connectivity index (χ1v) is 10.6. The summed E-state index contributed by atoms with van der Waals surface area (Å²) in [5.41, 5.74) is 0.838. The van der Waals surface area contributed by atoms with Gasteiger partial charge in [0, 0.05) is 0 Å². The summed E-state index contributed by atoms with van der Waals surface area (Å²) in [5, 5.41) is 10.5. The Bertz CT molecular complexity index is 1120. The SMILES string of the molecule is O=C(OCC1O[C@@H](O)C(OC(=O)c2ccccc2)[C@H]1OC(=O)c1ccccc1)c1ccccc1. The van der Waals surface area contributed by atoms with E-state index in [1.54, 1.807) is 91.0 Å². The molecule has 1 heterocycles. The largest absolute Gasteiger partial charge is 0.459 e. The number of hydrogen-bond acceptors (Lipinski definition) is 8. The summed E-state index contributed by atoms with van der Waals surface area (Å²) in [4.78, 5) is 37.6. The third-order valence-corrected chi connectivity index (χ3v) is 5.18. The highest BCUT2D eigenvalue weighted by Crippen LogP contribution is 2.28. The smallest absolute Gasteiger partial charge is 0.338 e. The van der Waals surface area contributed by atoms with Gasteiger partial charge in [0.05, 0.1) is 16.7 Å². The average Bonchev–Trinajstić information content (AvgIpc) is 3.17. The highest BCUT2D eigenvalue weighted by Gasteiger charge is 2.50. The summed E-state index contributed by atoms with van der Waals surface area (Å²) in [6.45, 7) is -0.336. The minimum absolute atomic E-state index is 0.252. The van der Waals surface area contributed by atoms with Crippen molar-refractivity contribution in [2.75, 3.05) is 6.61 Å². The molecule has 1 aliphatic heterocycles. The molecule has 2 unspecified atom stereocenters. The Hall–Kier alpha value is -4.01. The lowest BCUT2D eigenvalue weighted by molar-refractivity contribution is -0.135. The Labute approximate surface area is 195 Å². The van der Waals surface area contributed by atoms with E-state index in [0.29, 0.717) is 5.56 Å². The topological polar surface area (TPSA) is 108 Å². The van der Waals surface area contributed by atoms with Gasteiger partial charge in [-0.1, -0.05) is 54.6 Å². The number of aliphatic hydroxyl groups is 1. The molecule has 0 spiro atoms. The number of carbonyl (C=O) groups is 3. The summed E-state index contributed by atoms with van der Waals surface area (Å²) in [6.07, 6.45) is -5.22. The van der Waals surface area contributed by atoms with Crippen LogP contribution in [0.5, 0.6) is 0 Å². The number of hydrogen-bond donors (Lipinski definition) is 1. The Morgan fingerprint density at radius 2 is 1.06 bits per heavy atom. The molecular weight excluding hydrogens is 440 g/mol. The molecule has 1 aliphatic rings. The summed E-state index contributed by atoms with van der Waals surface area (Å²) in [7, 11) is 0. The molecule has 0 amide bonds. The number of ether oxygens (including phenoxy) is 4. The molecule has 4 rings (SSSR count). The van der Waals surface area contributed by atoms with Crippen LogP contribution < -0.4 is 0 Å². The predicted molar refractivity (Wildman–Crippen MR) is 119 cm³/mol. The Kier molecular flexibility index (Phi) is 7.31. The lowest BCUT2D eigenvalue weighted by atomic mass is 10.1. The molecule has 0 aliphatic carbocycles. The molecule has 34 heavy (non-hydrogen) atoms. The molecule has 3 aromatic carbocycles. The minimum Gasteiger partial charge on any atom is -0.459 e. The molecule has 3 aromatic rings. The maximum absolute atomic E-state index is 12.7. The molecule has 1 fully saturated rings. The van der Waals surface area contributed by atoms with Gasteiger partial charge in [0.25, 0.3) is 0 Å². The standard InChI is InChI=1S/C26H22O8/c27-23(17-10-4-1-5-11-17)31-16-20-21(33-24(28)18-12-6-2-7-13-18)22(26(30)32-20)34-25(29)19-14-8-3-9-15-19/h1-15,20-22,26,30H,16H2/t20?,21-,22?,26+/m0/s1. The van der Waals surface area contributed by atoms with Crippen molar-refractivity contribution in [3.8, 4) is 0 Å². The van der Waals surface area contributed by atoms with Crippen molar-refractivity contribution < 1.29 is 38.4 Å². The van der Waals surface area contributed by atoms with Crippen LogP contribution in [0.15, 0.2) is 91.0 Å². The summed E-state index contributed by atoms with van der Waals surface area (Å²) < 4.78 is 21.8. The molecule has 8 nitrogen and oxygen atoms in total. The Balaban J connectivity index is 1.51. The van der Waals surface area contributed by atoms with E-state index < -0.39 is 42.5 Å². The molecule has 0 aromatic heterocycles. The summed E-state index contributed by atoms with van der Waals surface area (Å²) >= 11 is 0. The van der Waals surface area contributed by atoms with Gasteiger partial charge in [-0.25, -0.2) is 14.4 Å². The highest BCUT2D eigenvalue weighted by atomic mass is 16.7. The second kappa shape index (κ2) is 10.7. The van der Waals surface area contributed by atoms with Crippen LogP contribution in [0.25, 0.3) is 0 Å². The van der Waals surface area contributed by atoms with E-state index in [4.69, 9.17) is 18.9 Å². The molecule has 4 atom stereocenters. The van der Waals surface area contributed by atoms with E-state index in [9.17, 15) is 19.5 Å². The molecule has 0 bridgehead atoms. The quantitative estimate of drug-likeness (QED) is 0.422. The van der Waals surface area contributed by atoms with Crippen molar-refractivity contribution in [1.82, 2.24) is 0 Å². The van der Waals surface area contributed by atoms with Crippen LogP contribution >= 0.6 is 0 Å². The van der Waals surface area contributed by atoms with Gasteiger partial charge in [-0.3, -0.25) is 0 Å². The fraction of sp³-hybridized carbons (Fsp3) is 0.192. The number of benzene rings is 3. The van der Waals surface area contributed by atoms with Crippen molar-refractivity contribution in [3.63, 3.8) is 0 Å². The van der Waals surface area contributed by atoms with Crippen LogP contribution in [0.2, 0.25) is 0 Å². The lowest BCUT2D eigenvalue weighted by Gasteiger charge is -2.23. The maximum atomic E-state index is 12.7. The van der Waals surface area contributed by atoms with Crippen molar-refractivity contribution in [2.45, 2.75) is 24.6 Å². The van der Waals surface area contributed by atoms with Gasteiger partial charge in [-0.15, -0.1) is 0 Å². The fourth-order valence-corrected chi connectivity index (χ4v) is 3.46. The Morgan fingerprint density at radius 3 is 1.53 bits per heavy atom. The van der Waals surface area contributed by atoms with Gasteiger partial charge in [-0.05, 0) is 36.4 Å². The van der Waals surface area contributed by atoms with Gasteiger partial charge in [0.2, 0.25) is 0 Å². The number of rotatable bonds is 7. The van der Waals surface area contributed by atoms with E-state index in [1.165, 1.54) is 0 Å². The first-order valence-electron chi connectivity index (χ1n) is 10.6. The van der Waals surface area contributed by atoms with E-state index in [0.717, 1.165) is 0 Å². The third kappa shape index (κ3) is 5.48. The molecule has 1 saturated heterocycles. The maximum Gasteiger partial charge on any atom is 0.338 e. The Morgan fingerprint density at radius 1 is 0.647 bits per heavy atom. The second-order valence-electron chi connectivity index (χ2n) is 7.50. The van der Waals surface area contributed by atoms with Crippen LogP contribution in [-0.4, -0.2) is 54.2 Å². The molecule has 174 valence electrons. The number of carbonyl (C=O) groups excluding carboxylic acids is 3.